The smallest absolute Gasteiger partial charge is 0.243 e. The molecule has 1 heterocycles. The van der Waals surface area contributed by atoms with Gasteiger partial charge in [-0.05, 0) is 48.7 Å². The lowest BCUT2D eigenvalue weighted by molar-refractivity contribution is -0.114. The Balaban J connectivity index is 1.71. The van der Waals surface area contributed by atoms with Gasteiger partial charge in [0.1, 0.15) is 5.75 Å². The fraction of sp³-hybridized carbons (Fsp3) is 0.381. The number of nitrogens with zero attached hydrogens (tertiary/aromatic N) is 1. The van der Waals surface area contributed by atoms with Crippen LogP contribution in [0, 0.1) is 0 Å². The van der Waals surface area contributed by atoms with Crippen LogP contribution in [0.1, 0.15) is 31.7 Å². The molecule has 0 aromatic heterocycles. The van der Waals surface area contributed by atoms with E-state index < -0.39 is 20.0 Å². The summed E-state index contributed by atoms with van der Waals surface area (Å²) < 4.78 is 60.0. The summed E-state index contributed by atoms with van der Waals surface area (Å²) in [5.41, 5.74) is 0.858. The first-order valence-electron chi connectivity index (χ1n) is 10.2. The Bertz CT molecular complexity index is 1170. The van der Waals surface area contributed by atoms with Crippen LogP contribution in [0.5, 0.6) is 5.75 Å². The van der Waals surface area contributed by atoms with Crippen molar-refractivity contribution in [3.63, 3.8) is 0 Å². The van der Waals surface area contributed by atoms with Gasteiger partial charge in [0.05, 0.1) is 22.6 Å². The molecule has 174 valence electrons. The van der Waals surface area contributed by atoms with Crippen LogP contribution >= 0.6 is 0 Å². The summed E-state index contributed by atoms with van der Waals surface area (Å²) in [5.74, 6) is -0.0185. The monoisotopic (exact) mass is 481 g/mol. The molecule has 11 heteroatoms. The molecule has 2 aromatic carbocycles. The molecule has 0 spiro atoms. The fourth-order valence-corrected chi connectivity index (χ4v) is 6.00. The zero-order valence-electron chi connectivity index (χ0n) is 18.0. The average molecular weight is 482 g/mol. The number of hydrogen-bond acceptors (Lipinski definition) is 6. The van der Waals surface area contributed by atoms with Crippen molar-refractivity contribution in [1.29, 1.82) is 0 Å². The molecule has 0 aliphatic carbocycles. The summed E-state index contributed by atoms with van der Waals surface area (Å²) in [7, 11) is -6.00. The van der Waals surface area contributed by atoms with Crippen molar-refractivity contribution in [3.05, 3.63) is 48.0 Å². The molecule has 0 unspecified atom stereocenters. The molecule has 3 rings (SSSR count). The first kappa shape index (κ1) is 24.2. The topological polar surface area (TPSA) is 122 Å². The number of amides is 1. The Labute approximate surface area is 188 Å². The minimum Gasteiger partial charge on any atom is -0.495 e. The number of sulfonamides is 2. The quantitative estimate of drug-likeness (QED) is 0.597. The van der Waals surface area contributed by atoms with Crippen LogP contribution in [0.4, 0.5) is 5.69 Å². The van der Waals surface area contributed by atoms with Gasteiger partial charge in [0.15, 0.2) is 0 Å². The molecule has 1 amide bonds. The Morgan fingerprint density at radius 2 is 1.59 bits per heavy atom. The molecule has 1 aliphatic heterocycles. The summed E-state index contributed by atoms with van der Waals surface area (Å²) >= 11 is 0. The summed E-state index contributed by atoms with van der Waals surface area (Å²) in [6.07, 6.45) is 2.74. The summed E-state index contributed by atoms with van der Waals surface area (Å²) in [5, 5.41) is 2.54. The van der Waals surface area contributed by atoms with Crippen LogP contribution in [0.2, 0.25) is 0 Å². The third-order valence-corrected chi connectivity index (χ3v) is 8.45. The van der Waals surface area contributed by atoms with Crippen molar-refractivity contribution >= 4 is 31.6 Å². The van der Waals surface area contributed by atoms with Gasteiger partial charge in [-0.15, -0.1) is 0 Å². The number of methoxy groups -OCH3 is 1. The van der Waals surface area contributed by atoms with Crippen LogP contribution in [0.3, 0.4) is 0 Å². The van der Waals surface area contributed by atoms with E-state index in [0.29, 0.717) is 24.4 Å². The van der Waals surface area contributed by atoms with Crippen LogP contribution < -0.4 is 14.8 Å². The molecule has 0 bridgehead atoms. The molecule has 0 radical (unpaired) electrons. The number of anilines is 1. The van der Waals surface area contributed by atoms with E-state index in [4.69, 9.17) is 4.74 Å². The Morgan fingerprint density at radius 3 is 2.19 bits per heavy atom. The summed E-state index contributed by atoms with van der Waals surface area (Å²) in [4.78, 5) is 11.5. The predicted molar refractivity (Wildman–Crippen MR) is 120 cm³/mol. The largest absolute Gasteiger partial charge is 0.495 e. The number of carbonyl (C=O) groups is 1. The van der Waals surface area contributed by atoms with E-state index in [2.05, 4.69) is 10.0 Å². The number of piperidine rings is 1. The molecule has 9 nitrogen and oxygen atoms in total. The zero-order chi connectivity index (χ0) is 23.4. The summed E-state index contributed by atoms with van der Waals surface area (Å²) in [6, 6.07) is 10.3. The molecule has 32 heavy (non-hydrogen) atoms. The fourth-order valence-electron chi connectivity index (χ4n) is 3.44. The van der Waals surface area contributed by atoms with Crippen molar-refractivity contribution in [3.8, 4) is 5.75 Å². The molecule has 2 aromatic rings. The van der Waals surface area contributed by atoms with Gasteiger partial charge in [-0.25, -0.2) is 21.6 Å². The van der Waals surface area contributed by atoms with Crippen molar-refractivity contribution in [2.24, 2.45) is 0 Å². The lowest BCUT2D eigenvalue weighted by Crippen LogP contribution is -2.35. The third-order valence-electron chi connectivity index (χ3n) is 5.13. The SMILES string of the molecule is COc1ccc(S(=O)(=O)NCc2ccc(S(=O)(=O)N3CCCCC3)cc2)cc1NC(C)=O. The lowest BCUT2D eigenvalue weighted by atomic mass is 10.2. The van der Waals surface area contributed by atoms with E-state index in [0.717, 1.165) is 19.3 Å². The number of nitrogens with one attached hydrogen (secondary N) is 2. The third kappa shape index (κ3) is 5.66. The van der Waals surface area contributed by atoms with E-state index in [1.807, 2.05) is 0 Å². The zero-order valence-corrected chi connectivity index (χ0v) is 19.6. The van der Waals surface area contributed by atoms with Gasteiger partial charge in [-0.2, -0.15) is 4.31 Å². The van der Waals surface area contributed by atoms with Gasteiger partial charge in [0.25, 0.3) is 0 Å². The van der Waals surface area contributed by atoms with Crippen LogP contribution in [-0.4, -0.2) is 47.2 Å². The number of carbonyl (C=O) groups excluding carboxylic acids is 1. The van der Waals surface area contributed by atoms with Gasteiger partial charge in [-0.3, -0.25) is 4.79 Å². The highest BCUT2D eigenvalue weighted by Gasteiger charge is 2.25. The highest BCUT2D eigenvalue weighted by Crippen LogP contribution is 2.27. The van der Waals surface area contributed by atoms with E-state index in [1.165, 1.54) is 48.7 Å². The van der Waals surface area contributed by atoms with Gasteiger partial charge in [0.2, 0.25) is 26.0 Å². The van der Waals surface area contributed by atoms with Crippen molar-refractivity contribution in [2.75, 3.05) is 25.5 Å². The molecule has 0 atom stereocenters. The number of benzene rings is 2. The highest BCUT2D eigenvalue weighted by atomic mass is 32.2. The second-order valence-corrected chi connectivity index (χ2v) is 11.2. The Kier molecular flexibility index (Phi) is 7.55. The molecule has 2 N–H and O–H groups in total. The van der Waals surface area contributed by atoms with Gasteiger partial charge >= 0.3 is 0 Å². The second-order valence-electron chi connectivity index (χ2n) is 7.48. The molecule has 1 aliphatic rings. The van der Waals surface area contributed by atoms with Crippen LogP contribution in [-0.2, 0) is 31.4 Å². The first-order chi connectivity index (χ1) is 15.1. The molecular weight excluding hydrogens is 454 g/mol. The van der Waals surface area contributed by atoms with E-state index in [9.17, 15) is 21.6 Å². The molecular formula is C21H27N3O6S2. The number of ether oxygens (including phenoxy) is 1. The van der Waals surface area contributed by atoms with Crippen LogP contribution in [0.25, 0.3) is 0 Å². The van der Waals surface area contributed by atoms with Crippen molar-refractivity contribution in [1.82, 2.24) is 9.03 Å². The molecule has 0 saturated carbocycles. The highest BCUT2D eigenvalue weighted by molar-refractivity contribution is 7.89. The first-order valence-corrected chi connectivity index (χ1v) is 13.1. The van der Waals surface area contributed by atoms with Crippen LogP contribution in [0.15, 0.2) is 52.3 Å². The van der Waals surface area contributed by atoms with Gasteiger partial charge < -0.3 is 10.1 Å². The molecule has 1 saturated heterocycles. The maximum atomic E-state index is 12.7. The Morgan fingerprint density at radius 1 is 0.969 bits per heavy atom. The Hall–Kier alpha value is -2.47. The molecule has 1 fully saturated rings. The van der Waals surface area contributed by atoms with Gasteiger partial charge in [-0.1, -0.05) is 18.6 Å². The second kappa shape index (κ2) is 9.99. The van der Waals surface area contributed by atoms with Crippen molar-refractivity contribution in [2.45, 2.75) is 42.5 Å². The lowest BCUT2D eigenvalue weighted by Gasteiger charge is -2.25. The standard InChI is InChI=1S/C21H27N3O6S2/c1-16(25)23-20-14-19(10-11-21(20)30-2)31(26,27)22-15-17-6-8-18(9-7-17)32(28,29)24-12-4-3-5-13-24/h6-11,14,22H,3-5,12-13,15H2,1-2H3,(H,23,25). The minimum absolute atomic E-state index is 0.0200. The number of hydrogen-bond donors (Lipinski definition) is 2. The normalized spacial score (nSPS) is 15.3. The maximum absolute atomic E-state index is 12.7. The predicted octanol–water partition coefficient (Wildman–Crippen LogP) is 2.31. The van der Waals surface area contributed by atoms with Gasteiger partial charge in [0, 0.05) is 26.6 Å². The maximum Gasteiger partial charge on any atom is 0.243 e. The van der Waals surface area contributed by atoms with E-state index in [1.54, 1.807) is 12.1 Å². The average Bonchev–Trinajstić information content (AvgIpc) is 2.78. The van der Waals surface area contributed by atoms with E-state index >= 15 is 0 Å². The number of rotatable bonds is 8. The van der Waals surface area contributed by atoms with E-state index in [-0.39, 0.29) is 27.9 Å². The summed E-state index contributed by atoms with van der Waals surface area (Å²) in [6.45, 7) is 2.33. The van der Waals surface area contributed by atoms with Crippen molar-refractivity contribution < 1.29 is 26.4 Å². The minimum atomic E-state index is -3.88.